The van der Waals surface area contributed by atoms with Crippen LogP contribution < -0.4 is 4.90 Å². The molecule has 0 fully saturated rings. The molecule has 1 N–H and O–H groups in total. The molecule has 0 amide bonds. The Kier molecular flexibility index (Phi) is 2.82. The van der Waals surface area contributed by atoms with Crippen LogP contribution in [-0.2, 0) is 0 Å². The molecule has 5 heteroatoms. The molecule has 88 valence electrons. The van der Waals surface area contributed by atoms with E-state index in [1.807, 2.05) is 0 Å². The molecule has 0 radical (unpaired) electrons. The number of benzene rings is 1. The first kappa shape index (κ1) is 11.2. The van der Waals surface area contributed by atoms with E-state index < -0.39 is 5.97 Å². The molecule has 0 atom stereocenters. The van der Waals surface area contributed by atoms with Gasteiger partial charge >= 0.3 is 5.97 Å². The van der Waals surface area contributed by atoms with E-state index in [0.717, 1.165) is 0 Å². The topological polar surface area (TPSA) is 53.7 Å². The van der Waals surface area contributed by atoms with Crippen molar-refractivity contribution in [2.45, 2.75) is 0 Å². The van der Waals surface area contributed by atoms with Gasteiger partial charge in [-0.3, -0.25) is 0 Å². The second kappa shape index (κ2) is 4.29. The SMILES string of the molecule is CN(c1ccc(F)cc1)c1ccc(C(=O)O)o1. The molecule has 0 saturated heterocycles. The number of nitrogens with zero attached hydrogens (tertiary/aromatic N) is 1. The fourth-order valence-corrected chi connectivity index (χ4v) is 1.41. The minimum absolute atomic E-state index is 0.131. The van der Waals surface area contributed by atoms with Gasteiger partial charge in [0.2, 0.25) is 11.6 Å². The van der Waals surface area contributed by atoms with Crippen molar-refractivity contribution in [2.24, 2.45) is 0 Å². The quantitative estimate of drug-likeness (QED) is 0.888. The molecular weight excluding hydrogens is 225 g/mol. The Balaban J connectivity index is 2.27. The Bertz CT molecular complexity index is 533. The minimum Gasteiger partial charge on any atom is -0.475 e. The molecule has 2 rings (SSSR count). The van der Waals surface area contributed by atoms with E-state index in [1.165, 1.54) is 18.2 Å². The van der Waals surface area contributed by atoms with Gasteiger partial charge < -0.3 is 14.4 Å². The van der Waals surface area contributed by atoms with Gasteiger partial charge in [-0.2, -0.15) is 0 Å². The lowest BCUT2D eigenvalue weighted by Crippen LogP contribution is -2.08. The van der Waals surface area contributed by atoms with Crippen molar-refractivity contribution in [2.75, 3.05) is 11.9 Å². The van der Waals surface area contributed by atoms with E-state index in [-0.39, 0.29) is 11.6 Å². The van der Waals surface area contributed by atoms with Crippen molar-refractivity contribution in [3.63, 3.8) is 0 Å². The zero-order chi connectivity index (χ0) is 12.4. The number of carboxylic acid groups (broad SMARTS) is 1. The molecule has 17 heavy (non-hydrogen) atoms. The van der Waals surface area contributed by atoms with Gasteiger partial charge in [0.05, 0.1) is 0 Å². The summed E-state index contributed by atoms with van der Waals surface area (Å²) < 4.78 is 17.9. The molecule has 0 aliphatic rings. The minimum atomic E-state index is -1.12. The van der Waals surface area contributed by atoms with Crippen LogP contribution in [0.1, 0.15) is 10.6 Å². The number of aromatic carboxylic acids is 1. The van der Waals surface area contributed by atoms with Crippen LogP contribution in [-0.4, -0.2) is 18.1 Å². The van der Waals surface area contributed by atoms with Crippen LogP contribution in [0.15, 0.2) is 40.8 Å². The average molecular weight is 235 g/mol. The third-order valence-corrected chi connectivity index (χ3v) is 2.35. The predicted octanol–water partition coefficient (Wildman–Crippen LogP) is 2.88. The molecule has 0 spiro atoms. The number of carboxylic acids is 1. The number of furan rings is 1. The first-order valence-corrected chi connectivity index (χ1v) is 4.90. The summed E-state index contributed by atoms with van der Waals surface area (Å²) in [6.45, 7) is 0. The van der Waals surface area contributed by atoms with Crippen molar-refractivity contribution in [3.8, 4) is 0 Å². The standard InChI is InChI=1S/C12H10FNO3/c1-14(9-4-2-8(13)3-5-9)11-7-6-10(17-11)12(15)16/h2-7H,1H3,(H,15,16). The van der Waals surface area contributed by atoms with Gasteiger partial charge in [-0.25, -0.2) is 9.18 Å². The highest BCUT2D eigenvalue weighted by atomic mass is 19.1. The first-order valence-electron chi connectivity index (χ1n) is 4.90. The second-order valence-electron chi connectivity index (χ2n) is 3.48. The Morgan fingerprint density at radius 3 is 2.41 bits per heavy atom. The van der Waals surface area contributed by atoms with Crippen LogP contribution >= 0.6 is 0 Å². The lowest BCUT2D eigenvalue weighted by atomic mass is 10.3. The van der Waals surface area contributed by atoms with Crippen LogP contribution in [0.25, 0.3) is 0 Å². The van der Waals surface area contributed by atoms with Gasteiger partial charge in [-0.05, 0) is 30.3 Å². The summed E-state index contributed by atoms with van der Waals surface area (Å²) in [5, 5.41) is 8.73. The molecule has 0 aliphatic heterocycles. The van der Waals surface area contributed by atoms with E-state index in [0.29, 0.717) is 11.6 Å². The normalized spacial score (nSPS) is 10.2. The van der Waals surface area contributed by atoms with Gasteiger partial charge in [0.15, 0.2) is 0 Å². The summed E-state index contributed by atoms with van der Waals surface area (Å²) >= 11 is 0. The third-order valence-electron chi connectivity index (χ3n) is 2.35. The van der Waals surface area contributed by atoms with Gasteiger partial charge in [0, 0.05) is 18.8 Å². The van der Waals surface area contributed by atoms with Crippen LogP contribution in [0.5, 0.6) is 0 Å². The molecule has 0 bridgehead atoms. The third kappa shape index (κ3) is 2.28. The van der Waals surface area contributed by atoms with Crippen molar-refractivity contribution >= 4 is 17.5 Å². The van der Waals surface area contributed by atoms with Gasteiger partial charge in [0.1, 0.15) is 5.82 Å². The maximum atomic E-state index is 12.7. The Labute approximate surface area is 96.9 Å². The van der Waals surface area contributed by atoms with E-state index in [9.17, 15) is 9.18 Å². The summed E-state index contributed by atoms with van der Waals surface area (Å²) in [7, 11) is 1.71. The maximum Gasteiger partial charge on any atom is 0.371 e. The summed E-state index contributed by atoms with van der Waals surface area (Å²) in [6, 6.07) is 8.74. The Morgan fingerprint density at radius 1 is 1.24 bits per heavy atom. The Morgan fingerprint density at radius 2 is 1.88 bits per heavy atom. The zero-order valence-corrected chi connectivity index (χ0v) is 9.05. The van der Waals surface area contributed by atoms with E-state index >= 15 is 0 Å². The van der Waals surface area contributed by atoms with Crippen molar-refractivity contribution < 1.29 is 18.7 Å². The van der Waals surface area contributed by atoms with Crippen LogP contribution in [0.2, 0.25) is 0 Å². The number of carbonyl (C=O) groups is 1. The predicted molar refractivity (Wildman–Crippen MR) is 60.1 cm³/mol. The number of rotatable bonds is 3. The number of hydrogen-bond donors (Lipinski definition) is 1. The van der Waals surface area contributed by atoms with Crippen molar-refractivity contribution in [1.82, 2.24) is 0 Å². The molecule has 0 saturated carbocycles. The molecule has 1 heterocycles. The largest absolute Gasteiger partial charge is 0.475 e. The number of anilines is 2. The van der Waals surface area contributed by atoms with Crippen molar-refractivity contribution in [1.29, 1.82) is 0 Å². The lowest BCUT2D eigenvalue weighted by Gasteiger charge is -2.15. The average Bonchev–Trinajstić information content (AvgIpc) is 2.78. The van der Waals surface area contributed by atoms with Crippen LogP contribution in [0.3, 0.4) is 0 Å². The molecule has 1 aromatic heterocycles. The molecule has 0 unspecified atom stereocenters. The van der Waals surface area contributed by atoms with Gasteiger partial charge in [0.25, 0.3) is 0 Å². The summed E-state index contributed by atoms with van der Waals surface area (Å²) in [4.78, 5) is 12.3. The number of halogens is 1. The summed E-state index contributed by atoms with van der Waals surface area (Å²) in [5.74, 6) is -1.19. The smallest absolute Gasteiger partial charge is 0.371 e. The summed E-state index contributed by atoms with van der Waals surface area (Å²) in [6.07, 6.45) is 0. The fraction of sp³-hybridized carbons (Fsp3) is 0.0833. The fourth-order valence-electron chi connectivity index (χ4n) is 1.41. The Hall–Kier alpha value is -2.30. The monoisotopic (exact) mass is 235 g/mol. The first-order chi connectivity index (χ1) is 8.08. The van der Waals surface area contributed by atoms with Crippen LogP contribution in [0, 0.1) is 5.82 Å². The van der Waals surface area contributed by atoms with Crippen molar-refractivity contribution in [3.05, 3.63) is 48.0 Å². The van der Waals surface area contributed by atoms with E-state index in [2.05, 4.69) is 0 Å². The zero-order valence-electron chi connectivity index (χ0n) is 9.05. The van der Waals surface area contributed by atoms with E-state index in [1.54, 1.807) is 30.1 Å². The molecular formula is C12H10FNO3. The lowest BCUT2D eigenvalue weighted by molar-refractivity contribution is 0.0663. The highest BCUT2D eigenvalue weighted by Gasteiger charge is 2.12. The van der Waals surface area contributed by atoms with Gasteiger partial charge in [-0.1, -0.05) is 0 Å². The molecule has 1 aromatic carbocycles. The maximum absolute atomic E-state index is 12.7. The van der Waals surface area contributed by atoms with Crippen LogP contribution in [0.4, 0.5) is 16.0 Å². The molecule has 0 aliphatic carbocycles. The summed E-state index contributed by atoms with van der Waals surface area (Å²) in [5.41, 5.74) is 0.706. The van der Waals surface area contributed by atoms with Gasteiger partial charge in [-0.15, -0.1) is 0 Å². The molecule has 2 aromatic rings. The second-order valence-corrected chi connectivity index (χ2v) is 3.48. The van der Waals surface area contributed by atoms with E-state index in [4.69, 9.17) is 9.52 Å². The number of hydrogen-bond acceptors (Lipinski definition) is 3. The highest BCUT2D eigenvalue weighted by molar-refractivity contribution is 5.85. The highest BCUT2D eigenvalue weighted by Crippen LogP contribution is 2.25. The molecule has 4 nitrogen and oxygen atoms in total.